The van der Waals surface area contributed by atoms with Crippen LogP contribution in [0.25, 0.3) is 0 Å². The minimum Gasteiger partial charge on any atom is -0.394 e. The van der Waals surface area contributed by atoms with Gasteiger partial charge in [0.25, 0.3) is 5.91 Å². The monoisotopic (exact) mass is 271 g/mol. The Hall–Kier alpha value is -1.01. The number of aliphatic hydroxyl groups is 1. The second-order valence-corrected chi connectivity index (χ2v) is 6.48. The fourth-order valence-electron chi connectivity index (χ4n) is 1.40. The number of carbonyl (C=O) groups excluding carboxylic acids is 1. The van der Waals surface area contributed by atoms with E-state index < -0.39 is 5.54 Å². The first-order valence-corrected chi connectivity index (χ1v) is 6.77. The highest BCUT2D eigenvalue weighted by Crippen LogP contribution is 2.26. The van der Waals surface area contributed by atoms with Crippen molar-refractivity contribution < 1.29 is 9.90 Å². The molecule has 0 spiro atoms. The molecule has 102 valence electrons. The second kappa shape index (κ2) is 5.32. The van der Waals surface area contributed by atoms with E-state index in [0.717, 1.165) is 11.5 Å². The Labute approximate surface area is 112 Å². The van der Waals surface area contributed by atoms with Crippen LogP contribution in [0.5, 0.6) is 0 Å². The fraction of sp³-hybridized carbons (Fsp3) is 0.750. The third-order valence-corrected chi connectivity index (χ3v) is 3.67. The van der Waals surface area contributed by atoms with E-state index in [1.54, 1.807) is 0 Å². The van der Waals surface area contributed by atoms with Crippen LogP contribution in [0.4, 0.5) is 0 Å². The molecule has 18 heavy (non-hydrogen) atoms. The van der Waals surface area contributed by atoms with Crippen LogP contribution in [0.15, 0.2) is 0 Å². The first-order chi connectivity index (χ1) is 8.23. The highest BCUT2D eigenvalue weighted by molar-refractivity contribution is 7.08. The summed E-state index contributed by atoms with van der Waals surface area (Å²) < 4.78 is 3.86. The van der Waals surface area contributed by atoms with Crippen molar-refractivity contribution in [1.29, 1.82) is 0 Å². The molecule has 0 aliphatic rings. The summed E-state index contributed by atoms with van der Waals surface area (Å²) >= 11 is 1.09. The van der Waals surface area contributed by atoms with E-state index in [2.05, 4.69) is 14.9 Å². The van der Waals surface area contributed by atoms with Crippen molar-refractivity contribution in [2.24, 2.45) is 0 Å². The number of nitrogens with one attached hydrogen (secondary N) is 1. The molecule has 5 nitrogen and oxygen atoms in total. The lowest BCUT2D eigenvalue weighted by molar-refractivity contribution is 0.0849. The minimum atomic E-state index is -0.601. The molecule has 0 aromatic carbocycles. The number of aromatic nitrogens is 2. The van der Waals surface area contributed by atoms with Crippen molar-refractivity contribution in [2.75, 3.05) is 6.61 Å². The zero-order valence-corrected chi connectivity index (χ0v) is 12.4. The van der Waals surface area contributed by atoms with Gasteiger partial charge in [-0.2, -0.15) is 0 Å². The van der Waals surface area contributed by atoms with Gasteiger partial charge in [0.15, 0.2) is 0 Å². The molecule has 1 aromatic heterocycles. The lowest BCUT2D eigenvalue weighted by atomic mass is 9.91. The van der Waals surface area contributed by atoms with Crippen LogP contribution >= 0.6 is 11.5 Å². The first kappa shape index (κ1) is 15.0. The maximum absolute atomic E-state index is 12.2. The third-order valence-electron chi connectivity index (χ3n) is 2.95. The van der Waals surface area contributed by atoms with Crippen molar-refractivity contribution in [3.8, 4) is 0 Å². The zero-order valence-electron chi connectivity index (χ0n) is 11.6. The van der Waals surface area contributed by atoms with Gasteiger partial charge < -0.3 is 10.4 Å². The Bertz CT molecular complexity index is 419. The molecule has 1 heterocycles. The molecular formula is C12H21N3O2S. The SMILES string of the molecule is CCC(C)(CO)NC(=O)c1snnc1C(C)(C)C. The van der Waals surface area contributed by atoms with Crippen LogP contribution < -0.4 is 5.32 Å². The van der Waals surface area contributed by atoms with Crippen LogP contribution in [-0.2, 0) is 5.41 Å². The van der Waals surface area contributed by atoms with Gasteiger partial charge in [-0.3, -0.25) is 4.79 Å². The average molecular weight is 271 g/mol. The number of carbonyl (C=O) groups is 1. The quantitative estimate of drug-likeness (QED) is 0.874. The van der Waals surface area contributed by atoms with Gasteiger partial charge in [0.2, 0.25) is 0 Å². The molecule has 6 heteroatoms. The predicted octanol–water partition coefficient (Wildman–Crippen LogP) is 1.73. The standard InChI is InChI=1S/C12H21N3O2S/c1-6-12(5,7-16)13-10(17)8-9(11(2,3)4)14-15-18-8/h16H,6-7H2,1-5H3,(H,13,17). The molecule has 1 rings (SSSR count). The summed E-state index contributed by atoms with van der Waals surface area (Å²) in [6.45, 7) is 9.62. The van der Waals surface area contributed by atoms with Crippen LogP contribution in [0.2, 0.25) is 0 Å². The Morgan fingerprint density at radius 1 is 1.39 bits per heavy atom. The van der Waals surface area contributed by atoms with Crippen molar-refractivity contribution in [3.63, 3.8) is 0 Å². The van der Waals surface area contributed by atoms with E-state index >= 15 is 0 Å². The summed E-state index contributed by atoms with van der Waals surface area (Å²) in [5.74, 6) is -0.215. The van der Waals surface area contributed by atoms with Gasteiger partial charge in [0.05, 0.1) is 17.8 Å². The smallest absolute Gasteiger partial charge is 0.265 e. The average Bonchev–Trinajstić information content (AvgIpc) is 2.77. The Kier molecular flexibility index (Phi) is 4.45. The van der Waals surface area contributed by atoms with E-state index in [-0.39, 0.29) is 17.9 Å². The van der Waals surface area contributed by atoms with Gasteiger partial charge >= 0.3 is 0 Å². The van der Waals surface area contributed by atoms with E-state index in [0.29, 0.717) is 17.0 Å². The number of hydrogen-bond donors (Lipinski definition) is 2. The van der Waals surface area contributed by atoms with Crippen LogP contribution in [-0.4, -0.2) is 32.7 Å². The number of rotatable bonds is 4. The maximum Gasteiger partial charge on any atom is 0.265 e. The van der Waals surface area contributed by atoms with E-state index in [1.165, 1.54) is 0 Å². The van der Waals surface area contributed by atoms with Crippen LogP contribution in [0, 0.1) is 0 Å². The third kappa shape index (κ3) is 3.26. The highest BCUT2D eigenvalue weighted by Gasteiger charge is 2.30. The van der Waals surface area contributed by atoms with Crippen molar-refractivity contribution in [1.82, 2.24) is 14.9 Å². The maximum atomic E-state index is 12.2. The predicted molar refractivity (Wildman–Crippen MR) is 71.9 cm³/mol. The van der Waals surface area contributed by atoms with Gasteiger partial charge in [-0.05, 0) is 24.9 Å². The topological polar surface area (TPSA) is 75.1 Å². The molecular weight excluding hydrogens is 250 g/mol. The van der Waals surface area contributed by atoms with Gasteiger partial charge in [0, 0.05) is 5.41 Å². The zero-order chi connectivity index (χ0) is 14.0. The molecule has 1 amide bonds. The molecule has 1 atom stereocenters. The molecule has 0 aliphatic heterocycles. The van der Waals surface area contributed by atoms with E-state index in [4.69, 9.17) is 0 Å². The Balaban J connectivity index is 2.96. The number of nitrogens with zero attached hydrogens (tertiary/aromatic N) is 2. The van der Waals surface area contributed by atoms with Crippen molar-refractivity contribution in [2.45, 2.75) is 52.0 Å². The number of amides is 1. The molecule has 0 saturated carbocycles. The summed E-state index contributed by atoms with van der Waals surface area (Å²) in [6, 6.07) is 0. The van der Waals surface area contributed by atoms with Crippen molar-refractivity contribution >= 4 is 17.4 Å². The summed E-state index contributed by atoms with van der Waals surface area (Å²) in [6.07, 6.45) is 0.659. The normalized spacial score (nSPS) is 15.2. The van der Waals surface area contributed by atoms with Gasteiger partial charge in [0.1, 0.15) is 4.88 Å². The lowest BCUT2D eigenvalue weighted by Crippen LogP contribution is -2.48. The molecule has 0 aliphatic carbocycles. The second-order valence-electron chi connectivity index (χ2n) is 5.73. The summed E-state index contributed by atoms with van der Waals surface area (Å²) in [5.41, 5.74) is -0.126. The molecule has 1 unspecified atom stereocenters. The largest absolute Gasteiger partial charge is 0.394 e. The van der Waals surface area contributed by atoms with E-state index in [1.807, 2.05) is 34.6 Å². The summed E-state index contributed by atoms with van der Waals surface area (Å²) in [4.78, 5) is 12.7. The molecule has 1 aromatic rings. The number of hydrogen-bond acceptors (Lipinski definition) is 5. The Morgan fingerprint density at radius 2 is 2.00 bits per heavy atom. The van der Waals surface area contributed by atoms with Gasteiger partial charge in [-0.1, -0.05) is 32.2 Å². The highest BCUT2D eigenvalue weighted by atomic mass is 32.1. The molecule has 0 radical (unpaired) electrons. The van der Waals surface area contributed by atoms with Crippen LogP contribution in [0.1, 0.15) is 56.4 Å². The molecule has 0 fully saturated rings. The summed E-state index contributed by atoms with van der Waals surface area (Å²) in [5, 5.41) is 16.2. The van der Waals surface area contributed by atoms with E-state index in [9.17, 15) is 9.90 Å². The molecule has 2 N–H and O–H groups in total. The van der Waals surface area contributed by atoms with Gasteiger partial charge in [-0.15, -0.1) is 5.10 Å². The molecule has 0 saturated heterocycles. The summed E-state index contributed by atoms with van der Waals surface area (Å²) in [7, 11) is 0. The number of aliphatic hydroxyl groups excluding tert-OH is 1. The minimum absolute atomic E-state index is 0.0909. The molecule has 0 bridgehead atoms. The van der Waals surface area contributed by atoms with Crippen molar-refractivity contribution in [3.05, 3.63) is 10.6 Å². The van der Waals surface area contributed by atoms with Gasteiger partial charge in [-0.25, -0.2) is 0 Å². The van der Waals surface area contributed by atoms with Crippen LogP contribution in [0.3, 0.4) is 0 Å². The fourth-order valence-corrected chi connectivity index (χ4v) is 2.17. The first-order valence-electron chi connectivity index (χ1n) is 5.99. The Morgan fingerprint density at radius 3 is 2.44 bits per heavy atom. The lowest BCUT2D eigenvalue weighted by Gasteiger charge is -2.27.